The quantitative estimate of drug-likeness (QED) is 0.710. The van der Waals surface area contributed by atoms with Crippen LogP contribution in [0.5, 0.6) is 0 Å². The largest absolute Gasteiger partial charge is 0.352 e. The molecule has 1 aromatic carbocycles. The van der Waals surface area contributed by atoms with Crippen molar-refractivity contribution in [2.24, 2.45) is 0 Å². The van der Waals surface area contributed by atoms with Crippen molar-refractivity contribution < 1.29 is 9.18 Å². The van der Waals surface area contributed by atoms with Crippen molar-refractivity contribution in [2.75, 3.05) is 18.0 Å². The normalized spacial score (nSPS) is 16.4. The van der Waals surface area contributed by atoms with Crippen LogP contribution >= 0.6 is 0 Å². The van der Waals surface area contributed by atoms with E-state index in [2.05, 4.69) is 25.5 Å². The molecule has 1 aliphatic heterocycles. The summed E-state index contributed by atoms with van der Waals surface area (Å²) in [7, 11) is 0. The third kappa shape index (κ3) is 3.71. The van der Waals surface area contributed by atoms with Gasteiger partial charge in [-0.25, -0.2) is 14.4 Å². The molecule has 0 aliphatic carbocycles. The van der Waals surface area contributed by atoms with Gasteiger partial charge in [-0.05, 0) is 30.7 Å². The zero-order valence-corrected chi connectivity index (χ0v) is 15.5. The molecule has 3 heterocycles. The highest BCUT2D eigenvalue weighted by Gasteiger charge is 2.26. The Hall–Kier alpha value is -3.29. The summed E-state index contributed by atoms with van der Waals surface area (Å²) in [6.07, 6.45) is 3.11. The molecule has 144 valence electrons. The van der Waals surface area contributed by atoms with Crippen LogP contribution in [-0.4, -0.2) is 45.2 Å². The number of nitrogens with one attached hydrogen (secondary N) is 2. The van der Waals surface area contributed by atoms with E-state index in [1.54, 1.807) is 24.4 Å². The fourth-order valence-electron chi connectivity index (χ4n) is 3.30. The van der Waals surface area contributed by atoms with Crippen molar-refractivity contribution >= 4 is 11.7 Å². The maximum Gasteiger partial charge on any atom is 0.251 e. The zero-order chi connectivity index (χ0) is 19.5. The first-order valence-electron chi connectivity index (χ1n) is 9.32. The Morgan fingerprint density at radius 3 is 2.86 bits per heavy atom. The molecule has 1 amide bonds. The minimum atomic E-state index is -0.344. The van der Waals surface area contributed by atoms with Gasteiger partial charge in [-0.3, -0.25) is 9.89 Å². The second kappa shape index (κ2) is 7.75. The topological polar surface area (TPSA) is 86.8 Å². The lowest BCUT2D eigenvalue weighted by Crippen LogP contribution is -2.37. The molecule has 2 aromatic heterocycles. The Bertz CT molecular complexity index is 971. The lowest BCUT2D eigenvalue weighted by molar-refractivity contribution is 0.0940. The molecule has 0 spiro atoms. The van der Waals surface area contributed by atoms with Crippen LogP contribution in [0.25, 0.3) is 11.4 Å². The van der Waals surface area contributed by atoms with Gasteiger partial charge in [0.1, 0.15) is 5.82 Å². The van der Waals surface area contributed by atoms with E-state index in [-0.39, 0.29) is 17.8 Å². The molecule has 0 bridgehead atoms. The van der Waals surface area contributed by atoms with Crippen LogP contribution in [0.1, 0.15) is 29.5 Å². The number of hydrogen-bond donors (Lipinski definition) is 2. The van der Waals surface area contributed by atoms with Gasteiger partial charge >= 0.3 is 0 Å². The number of carbonyl (C=O) groups is 1. The highest BCUT2D eigenvalue weighted by molar-refractivity contribution is 5.94. The summed E-state index contributed by atoms with van der Waals surface area (Å²) in [5, 5.41) is 10.1. The van der Waals surface area contributed by atoms with Gasteiger partial charge < -0.3 is 10.2 Å². The number of H-pyrrole nitrogens is 1. The Balaban J connectivity index is 1.38. The van der Waals surface area contributed by atoms with E-state index in [9.17, 15) is 9.18 Å². The third-order valence-electron chi connectivity index (χ3n) is 4.83. The first-order chi connectivity index (χ1) is 13.6. The number of aromatic amines is 1. The summed E-state index contributed by atoms with van der Waals surface area (Å²) < 4.78 is 13.9. The molecule has 1 unspecified atom stereocenters. The van der Waals surface area contributed by atoms with Crippen LogP contribution < -0.4 is 10.2 Å². The number of hydrogen-bond acceptors (Lipinski definition) is 5. The maximum atomic E-state index is 13.9. The van der Waals surface area contributed by atoms with Crippen LogP contribution in [0, 0.1) is 5.82 Å². The van der Waals surface area contributed by atoms with Gasteiger partial charge in [-0.2, -0.15) is 5.10 Å². The molecule has 8 heteroatoms. The number of rotatable bonds is 5. The summed E-state index contributed by atoms with van der Waals surface area (Å²) in [6.45, 7) is 3.20. The van der Waals surface area contributed by atoms with Gasteiger partial charge in [-0.15, -0.1) is 0 Å². The minimum Gasteiger partial charge on any atom is -0.352 e. The molecule has 1 fully saturated rings. The highest BCUT2D eigenvalue weighted by Crippen LogP contribution is 2.21. The zero-order valence-electron chi connectivity index (χ0n) is 15.5. The number of benzene rings is 1. The molecule has 7 nitrogen and oxygen atoms in total. The van der Waals surface area contributed by atoms with Crippen molar-refractivity contribution in [1.82, 2.24) is 25.5 Å². The SMILES string of the molecule is CCc1nc(-c2ccc(C(=O)NC3CCN(c4ncccc4F)C3)cc2)n[nH]1. The molecule has 1 atom stereocenters. The number of amides is 1. The summed E-state index contributed by atoms with van der Waals surface area (Å²) in [6, 6.07) is 10.1. The Kier molecular flexibility index (Phi) is 5.01. The standard InChI is InChI=1S/C20H21FN6O/c1-2-17-24-18(26-25-17)13-5-7-14(8-6-13)20(28)23-15-9-11-27(12-15)19-16(21)4-3-10-22-19/h3-8,10,15H,2,9,11-12H2,1H3,(H,23,28)(H,24,25,26). The molecule has 1 aliphatic rings. The predicted octanol–water partition coefficient (Wildman–Crippen LogP) is 2.58. The van der Waals surface area contributed by atoms with Crippen molar-refractivity contribution in [3.63, 3.8) is 0 Å². The van der Waals surface area contributed by atoms with Crippen LogP contribution in [-0.2, 0) is 6.42 Å². The molecular formula is C20H21FN6O. The number of aromatic nitrogens is 4. The fraction of sp³-hybridized carbons (Fsp3) is 0.300. The first-order valence-corrected chi connectivity index (χ1v) is 9.32. The van der Waals surface area contributed by atoms with Crippen LogP contribution in [0.3, 0.4) is 0 Å². The van der Waals surface area contributed by atoms with Crippen LogP contribution in [0.2, 0.25) is 0 Å². The first kappa shape index (κ1) is 18.1. The van der Waals surface area contributed by atoms with Crippen molar-refractivity contribution in [1.29, 1.82) is 0 Å². The van der Waals surface area contributed by atoms with E-state index < -0.39 is 0 Å². The molecule has 4 rings (SSSR count). The average Bonchev–Trinajstić information content (AvgIpc) is 3.38. The Morgan fingerprint density at radius 2 is 2.14 bits per heavy atom. The number of halogens is 1. The Morgan fingerprint density at radius 1 is 1.32 bits per heavy atom. The van der Waals surface area contributed by atoms with E-state index in [0.717, 1.165) is 24.2 Å². The van der Waals surface area contributed by atoms with Gasteiger partial charge in [0, 0.05) is 42.9 Å². The van der Waals surface area contributed by atoms with E-state index in [4.69, 9.17) is 0 Å². The molecule has 28 heavy (non-hydrogen) atoms. The van der Waals surface area contributed by atoms with Gasteiger partial charge in [-0.1, -0.05) is 19.1 Å². The van der Waals surface area contributed by atoms with Crippen LogP contribution in [0.4, 0.5) is 10.2 Å². The van der Waals surface area contributed by atoms with Gasteiger partial charge in [0.05, 0.1) is 0 Å². The summed E-state index contributed by atoms with van der Waals surface area (Å²) in [5.74, 6) is 1.29. The van der Waals surface area contributed by atoms with Gasteiger partial charge in [0.15, 0.2) is 17.5 Å². The fourth-order valence-corrected chi connectivity index (χ4v) is 3.30. The molecule has 0 saturated carbocycles. The Labute approximate surface area is 162 Å². The smallest absolute Gasteiger partial charge is 0.251 e. The van der Waals surface area contributed by atoms with E-state index >= 15 is 0 Å². The third-order valence-corrected chi connectivity index (χ3v) is 4.83. The second-order valence-corrected chi connectivity index (χ2v) is 6.75. The highest BCUT2D eigenvalue weighted by atomic mass is 19.1. The number of anilines is 1. The maximum absolute atomic E-state index is 13.9. The summed E-state index contributed by atoms with van der Waals surface area (Å²) in [4.78, 5) is 22.9. The van der Waals surface area contributed by atoms with E-state index in [1.165, 1.54) is 6.07 Å². The summed E-state index contributed by atoms with van der Waals surface area (Å²) >= 11 is 0. The minimum absolute atomic E-state index is 0.0475. The lowest BCUT2D eigenvalue weighted by atomic mass is 10.1. The number of carbonyl (C=O) groups excluding carboxylic acids is 1. The molecular weight excluding hydrogens is 359 g/mol. The summed E-state index contributed by atoms with van der Waals surface area (Å²) in [5.41, 5.74) is 1.42. The predicted molar refractivity (Wildman–Crippen MR) is 103 cm³/mol. The van der Waals surface area contributed by atoms with Crippen molar-refractivity contribution in [3.8, 4) is 11.4 Å². The van der Waals surface area contributed by atoms with Gasteiger partial charge in [0.2, 0.25) is 0 Å². The average molecular weight is 380 g/mol. The number of pyridine rings is 1. The monoisotopic (exact) mass is 380 g/mol. The molecule has 1 saturated heterocycles. The number of aryl methyl sites for hydroxylation is 1. The molecule has 3 aromatic rings. The second-order valence-electron chi connectivity index (χ2n) is 6.75. The molecule has 2 N–H and O–H groups in total. The van der Waals surface area contributed by atoms with E-state index in [0.29, 0.717) is 30.3 Å². The van der Waals surface area contributed by atoms with E-state index in [1.807, 2.05) is 24.0 Å². The van der Waals surface area contributed by atoms with Crippen LogP contribution in [0.15, 0.2) is 42.6 Å². The van der Waals surface area contributed by atoms with Crippen molar-refractivity contribution in [3.05, 3.63) is 59.8 Å². The van der Waals surface area contributed by atoms with Crippen molar-refractivity contribution in [2.45, 2.75) is 25.8 Å². The van der Waals surface area contributed by atoms with Gasteiger partial charge in [0.25, 0.3) is 5.91 Å². The lowest BCUT2D eigenvalue weighted by Gasteiger charge is -2.18. The number of nitrogens with zero attached hydrogens (tertiary/aromatic N) is 4. The molecule has 0 radical (unpaired) electrons.